The van der Waals surface area contributed by atoms with Crippen LogP contribution in [-0.4, -0.2) is 116 Å². The molecule has 1 unspecified atom stereocenters. The molecule has 1 heterocycles. The lowest BCUT2D eigenvalue weighted by Crippen LogP contribution is -2.61. The van der Waals surface area contributed by atoms with Crippen molar-refractivity contribution >= 4 is 39.7 Å². The fourth-order valence-corrected chi connectivity index (χ4v) is 8.82. The van der Waals surface area contributed by atoms with Crippen LogP contribution in [-0.2, 0) is 42.2 Å². The Kier molecular flexibility index (Phi) is 14.1. The van der Waals surface area contributed by atoms with E-state index in [9.17, 15) is 32.4 Å². The molecule has 2 fully saturated rings. The van der Waals surface area contributed by atoms with Gasteiger partial charge >= 0.3 is 6.03 Å². The zero-order valence-electron chi connectivity index (χ0n) is 32.4. The van der Waals surface area contributed by atoms with E-state index in [1.54, 1.807) is 4.90 Å². The molecule has 3 aliphatic rings. The Balaban J connectivity index is 1.63. The van der Waals surface area contributed by atoms with Crippen molar-refractivity contribution in [2.45, 2.75) is 89.9 Å². The topological polar surface area (TPSA) is 177 Å². The standard InChI is InChI=1S/C39H57N7O7S/c1-9-11-19-30(34(47)36(49)40-20-10-2)41-35(48)33-29-18-14-17-27(29)23-46(33)37(50)32(28-21-25-15-12-13-16-26(25)22-28)43-38(51)42-31(39(3,4)5)24-45(8)54(52,53)44(6)7/h1,10,12-13,15-16,27-33H,2,11,14,17-24H2,3-8H3,(H,40,49)(H,41,48)(H2,42,43,51)/t27-,29-,30?,31+,32-,33-/m0/s1. The molecule has 1 aromatic carbocycles. The number of urea groups is 1. The summed E-state index contributed by atoms with van der Waals surface area (Å²) in [5.74, 6) is -0.635. The van der Waals surface area contributed by atoms with Gasteiger partial charge in [-0.1, -0.05) is 57.5 Å². The number of nitrogens with zero attached hydrogens (tertiary/aromatic N) is 3. The van der Waals surface area contributed by atoms with E-state index in [2.05, 4.69) is 33.8 Å². The zero-order chi connectivity index (χ0) is 40.0. The molecule has 0 radical (unpaired) electrons. The second kappa shape index (κ2) is 17.9. The van der Waals surface area contributed by atoms with Crippen LogP contribution in [0.15, 0.2) is 36.9 Å². The smallest absolute Gasteiger partial charge is 0.315 e. The second-order valence-corrected chi connectivity index (χ2v) is 18.2. The number of hydrogen-bond acceptors (Lipinski definition) is 7. The summed E-state index contributed by atoms with van der Waals surface area (Å²) < 4.78 is 28.0. The van der Waals surface area contributed by atoms with Crippen LogP contribution in [0.3, 0.4) is 0 Å². The van der Waals surface area contributed by atoms with Gasteiger partial charge in [-0.3, -0.25) is 19.2 Å². The molecule has 2 aliphatic carbocycles. The number of Topliss-reactive ketones (excluding diaryl/α,β-unsaturated/α-hetero) is 1. The van der Waals surface area contributed by atoms with Gasteiger partial charge in [-0.25, -0.2) is 4.79 Å². The summed E-state index contributed by atoms with van der Waals surface area (Å²) in [6.07, 6.45) is 10.6. The number of likely N-dealkylation sites (N-methyl/N-ethyl adjacent to an activating group) is 1. The van der Waals surface area contributed by atoms with E-state index in [0.717, 1.165) is 28.3 Å². The maximum Gasteiger partial charge on any atom is 0.315 e. The van der Waals surface area contributed by atoms with Crippen molar-refractivity contribution in [1.82, 2.24) is 34.8 Å². The van der Waals surface area contributed by atoms with Crippen molar-refractivity contribution < 1.29 is 32.4 Å². The van der Waals surface area contributed by atoms with E-state index in [1.165, 1.54) is 31.5 Å². The second-order valence-electron chi connectivity index (χ2n) is 16.0. The van der Waals surface area contributed by atoms with E-state index in [0.29, 0.717) is 25.8 Å². The van der Waals surface area contributed by atoms with Gasteiger partial charge in [0.05, 0.1) is 6.04 Å². The van der Waals surface area contributed by atoms with Crippen LogP contribution < -0.4 is 21.3 Å². The van der Waals surface area contributed by atoms with Crippen LogP contribution >= 0.6 is 0 Å². The number of carbonyl (C=O) groups is 5. The number of nitrogens with one attached hydrogen (secondary N) is 4. The summed E-state index contributed by atoms with van der Waals surface area (Å²) in [7, 11) is 0.547. The van der Waals surface area contributed by atoms with Crippen LogP contribution in [0.2, 0.25) is 0 Å². The minimum atomic E-state index is -3.77. The van der Waals surface area contributed by atoms with E-state index < -0.39 is 69.3 Å². The third-order valence-electron chi connectivity index (χ3n) is 11.0. The van der Waals surface area contributed by atoms with E-state index in [4.69, 9.17) is 6.42 Å². The molecule has 0 bridgehead atoms. The quantitative estimate of drug-likeness (QED) is 0.112. The summed E-state index contributed by atoms with van der Waals surface area (Å²) in [6.45, 7) is 9.58. The summed E-state index contributed by atoms with van der Waals surface area (Å²) >= 11 is 0. The molecule has 1 aromatic rings. The molecule has 4 N–H and O–H groups in total. The Morgan fingerprint density at radius 2 is 1.69 bits per heavy atom. The monoisotopic (exact) mass is 767 g/mol. The zero-order valence-corrected chi connectivity index (χ0v) is 33.2. The SMILES string of the molecule is C#CCCC(NC(=O)[C@@H]1[C@H]2CCC[C@H]2CN1C(=O)[C@@H](NC(=O)N[C@H](CN(C)S(=O)(=O)N(C)C)C(C)(C)C)C1Cc2ccccc2C1)C(=O)C(=O)NCC=C. The molecule has 15 heteroatoms. The van der Waals surface area contributed by atoms with Gasteiger partial charge in [0.2, 0.25) is 17.6 Å². The lowest BCUT2D eigenvalue weighted by Gasteiger charge is -2.36. The molecule has 1 saturated carbocycles. The minimum absolute atomic E-state index is 0.0200. The Morgan fingerprint density at radius 1 is 1.04 bits per heavy atom. The van der Waals surface area contributed by atoms with Gasteiger partial charge in [0, 0.05) is 53.2 Å². The van der Waals surface area contributed by atoms with Crippen LogP contribution in [0.1, 0.15) is 64.0 Å². The van der Waals surface area contributed by atoms with Gasteiger partial charge in [-0.2, -0.15) is 17.0 Å². The lowest BCUT2D eigenvalue weighted by molar-refractivity contribution is -0.144. The molecule has 0 aromatic heterocycles. The van der Waals surface area contributed by atoms with Gasteiger partial charge < -0.3 is 26.2 Å². The van der Waals surface area contributed by atoms with Gasteiger partial charge in [-0.15, -0.1) is 18.9 Å². The van der Waals surface area contributed by atoms with Gasteiger partial charge in [0.25, 0.3) is 16.1 Å². The largest absolute Gasteiger partial charge is 0.346 e. The Labute approximate surface area is 320 Å². The fourth-order valence-electron chi connectivity index (χ4n) is 7.93. The maximum absolute atomic E-state index is 14.9. The van der Waals surface area contributed by atoms with Crippen LogP contribution in [0, 0.1) is 35.5 Å². The highest BCUT2D eigenvalue weighted by Crippen LogP contribution is 2.43. The van der Waals surface area contributed by atoms with Gasteiger partial charge in [0.1, 0.15) is 12.1 Å². The summed E-state index contributed by atoms with van der Waals surface area (Å²) in [6, 6.07) is 3.45. The van der Waals surface area contributed by atoms with Crippen molar-refractivity contribution in [1.29, 1.82) is 0 Å². The third-order valence-corrected chi connectivity index (χ3v) is 12.9. The molecule has 1 aliphatic heterocycles. The van der Waals surface area contributed by atoms with Crippen molar-refractivity contribution in [2.75, 3.05) is 40.8 Å². The molecule has 0 spiro atoms. The molecule has 54 heavy (non-hydrogen) atoms. The summed E-state index contributed by atoms with van der Waals surface area (Å²) in [5, 5.41) is 11.1. The Bertz CT molecular complexity index is 1710. The molecular formula is C39H57N7O7S. The number of hydrogen-bond donors (Lipinski definition) is 4. The molecule has 6 atom stereocenters. The van der Waals surface area contributed by atoms with Crippen molar-refractivity contribution in [3.05, 3.63) is 48.0 Å². The minimum Gasteiger partial charge on any atom is -0.346 e. The molecule has 296 valence electrons. The first kappa shape index (κ1) is 42.5. The first-order valence-electron chi connectivity index (χ1n) is 18.7. The molecule has 14 nitrogen and oxygen atoms in total. The van der Waals surface area contributed by atoms with Crippen molar-refractivity contribution in [2.24, 2.45) is 23.2 Å². The molecular weight excluding hydrogens is 711 g/mol. The number of fused-ring (bicyclic) bond motifs is 2. The Morgan fingerprint density at radius 3 is 2.26 bits per heavy atom. The van der Waals surface area contributed by atoms with Crippen molar-refractivity contribution in [3.8, 4) is 12.3 Å². The lowest BCUT2D eigenvalue weighted by atomic mass is 9.86. The average molecular weight is 768 g/mol. The van der Waals surface area contributed by atoms with Crippen LogP contribution in [0.25, 0.3) is 0 Å². The number of carbonyl (C=O) groups excluding carboxylic acids is 5. The first-order chi connectivity index (χ1) is 25.4. The van der Waals surface area contributed by atoms with E-state index >= 15 is 0 Å². The normalized spacial score (nSPS) is 21.4. The number of amides is 5. The number of likely N-dealkylation sites (tertiary alicyclic amines) is 1. The van der Waals surface area contributed by atoms with E-state index in [1.807, 2.05) is 45.0 Å². The van der Waals surface area contributed by atoms with Crippen molar-refractivity contribution in [3.63, 3.8) is 0 Å². The van der Waals surface area contributed by atoms with Gasteiger partial charge in [-0.05, 0) is 66.4 Å². The highest BCUT2D eigenvalue weighted by Gasteiger charge is 2.52. The third kappa shape index (κ3) is 9.88. The predicted molar refractivity (Wildman–Crippen MR) is 206 cm³/mol. The number of terminal acetylenes is 1. The first-order valence-corrected chi connectivity index (χ1v) is 20.0. The number of rotatable bonds is 16. The predicted octanol–water partition coefficient (Wildman–Crippen LogP) is 1.62. The summed E-state index contributed by atoms with van der Waals surface area (Å²) in [5.41, 5.74) is 1.58. The fraction of sp³-hybridized carbons (Fsp3) is 0.615. The maximum atomic E-state index is 14.9. The number of benzene rings is 1. The average Bonchev–Trinajstić information content (AvgIpc) is 3.84. The highest BCUT2D eigenvalue weighted by molar-refractivity contribution is 7.86. The van der Waals surface area contributed by atoms with Crippen LogP contribution in [0.4, 0.5) is 4.79 Å². The Hall–Kier alpha value is -4.26. The molecule has 5 amide bonds. The van der Waals surface area contributed by atoms with Gasteiger partial charge in [0.15, 0.2) is 0 Å². The molecule has 4 rings (SSSR count). The highest BCUT2D eigenvalue weighted by atomic mass is 32.2. The van der Waals surface area contributed by atoms with Crippen LogP contribution in [0.5, 0.6) is 0 Å². The molecule has 1 saturated heterocycles. The van der Waals surface area contributed by atoms with E-state index in [-0.39, 0.29) is 43.7 Å². The number of ketones is 1. The summed E-state index contributed by atoms with van der Waals surface area (Å²) in [4.78, 5) is 70.4.